The van der Waals surface area contributed by atoms with E-state index in [-0.39, 0.29) is 0 Å². The van der Waals surface area contributed by atoms with Gasteiger partial charge in [0.05, 0.1) is 5.56 Å². The highest BCUT2D eigenvalue weighted by molar-refractivity contribution is 5.29. The maximum absolute atomic E-state index is 13.2. The molecule has 1 saturated heterocycles. The first-order valence-corrected chi connectivity index (χ1v) is 9.63. The van der Waals surface area contributed by atoms with Gasteiger partial charge in [0.25, 0.3) is 0 Å². The van der Waals surface area contributed by atoms with Crippen LogP contribution in [0.1, 0.15) is 48.7 Å². The highest BCUT2D eigenvalue weighted by Crippen LogP contribution is 2.33. The van der Waals surface area contributed by atoms with Gasteiger partial charge in [0.1, 0.15) is 5.82 Å². The third kappa shape index (κ3) is 5.51. The molecule has 1 aliphatic heterocycles. The van der Waals surface area contributed by atoms with Crippen LogP contribution in [0.5, 0.6) is 0 Å². The average molecular weight is 377 g/mol. The van der Waals surface area contributed by atoms with Crippen LogP contribution in [0, 0.1) is 5.92 Å². The van der Waals surface area contributed by atoms with Gasteiger partial charge in [0, 0.05) is 37.5 Å². The maximum Gasteiger partial charge on any atom is 0.416 e. The zero-order chi connectivity index (χ0) is 19.3. The summed E-state index contributed by atoms with van der Waals surface area (Å²) in [4.78, 5) is 11.1. The molecule has 1 unspecified atom stereocenters. The van der Waals surface area contributed by atoms with Gasteiger partial charge < -0.3 is 0 Å². The van der Waals surface area contributed by atoms with Crippen LogP contribution < -0.4 is 0 Å². The standard InChI is InChI=1S/C21H26F3N3/c1-2-20-25-12-17(13-26-20)15-27-11-5-6-16(14-27)9-10-18-7-3-4-8-19(18)21(22,23)24/h3-4,7-8,12-13,16H,2,5-6,9-11,14-15H2,1H3. The zero-order valence-electron chi connectivity index (χ0n) is 15.7. The number of aryl methyl sites for hydroxylation is 2. The third-order valence-corrected chi connectivity index (χ3v) is 5.23. The summed E-state index contributed by atoms with van der Waals surface area (Å²) in [6, 6.07) is 5.94. The molecule has 0 bridgehead atoms. The van der Waals surface area contributed by atoms with Crippen molar-refractivity contribution in [3.05, 3.63) is 59.2 Å². The van der Waals surface area contributed by atoms with E-state index in [9.17, 15) is 13.2 Å². The quantitative estimate of drug-likeness (QED) is 0.717. The van der Waals surface area contributed by atoms with E-state index in [1.54, 1.807) is 12.1 Å². The van der Waals surface area contributed by atoms with Gasteiger partial charge in [-0.05, 0) is 49.8 Å². The van der Waals surface area contributed by atoms with Gasteiger partial charge in [-0.3, -0.25) is 4.90 Å². The maximum atomic E-state index is 13.2. The molecule has 0 amide bonds. The van der Waals surface area contributed by atoms with E-state index in [1.807, 2.05) is 19.3 Å². The summed E-state index contributed by atoms with van der Waals surface area (Å²) in [7, 11) is 0. The van der Waals surface area contributed by atoms with Crippen LogP contribution in [0.25, 0.3) is 0 Å². The van der Waals surface area contributed by atoms with Gasteiger partial charge in [-0.1, -0.05) is 25.1 Å². The molecule has 0 saturated carbocycles. The SMILES string of the molecule is CCc1ncc(CN2CCCC(CCc3ccccc3C(F)(F)F)C2)cn1. The van der Waals surface area contributed by atoms with Gasteiger partial charge in [-0.25, -0.2) is 9.97 Å². The Kier molecular flexibility index (Phi) is 6.47. The Bertz CT molecular complexity index is 728. The molecule has 3 nitrogen and oxygen atoms in total. The van der Waals surface area contributed by atoms with Crippen molar-refractivity contribution in [2.24, 2.45) is 5.92 Å². The van der Waals surface area contributed by atoms with Gasteiger partial charge in [0.2, 0.25) is 0 Å². The van der Waals surface area contributed by atoms with Crippen LogP contribution in [0.15, 0.2) is 36.7 Å². The Morgan fingerprint density at radius 2 is 1.89 bits per heavy atom. The lowest BCUT2D eigenvalue weighted by Gasteiger charge is -2.32. The predicted molar refractivity (Wildman–Crippen MR) is 99.2 cm³/mol. The van der Waals surface area contributed by atoms with Gasteiger partial charge in [0.15, 0.2) is 0 Å². The Morgan fingerprint density at radius 1 is 1.15 bits per heavy atom. The smallest absolute Gasteiger partial charge is 0.299 e. The summed E-state index contributed by atoms with van der Waals surface area (Å²) in [5.41, 5.74) is 1.01. The summed E-state index contributed by atoms with van der Waals surface area (Å²) in [5, 5.41) is 0. The minimum absolute atomic E-state index is 0.408. The van der Waals surface area contributed by atoms with Crippen molar-refractivity contribution in [1.82, 2.24) is 14.9 Å². The van der Waals surface area contributed by atoms with Crippen LogP contribution in [-0.2, 0) is 25.6 Å². The first kappa shape index (κ1) is 19.8. The van der Waals surface area contributed by atoms with Crippen LogP contribution in [0.2, 0.25) is 0 Å². The number of halogens is 3. The van der Waals surface area contributed by atoms with E-state index in [4.69, 9.17) is 0 Å². The number of hydrogen-bond acceptors (Lipinski definition) is 3. The summed E-state index contributed by atoms with van der Waals surface area (Å²) in [6.07, 6.45) is 3.74. The molecule has 2 heterocycles. The van der Waals surface area contributed by atoms with Crippen molar-refractivity contribution >= 4 is 0 Å². The second-order valence-electron chi connectivity index (χ2n) is 7.30. The second kappa shape index (κ2) is 8.83. The summed E-state index contributed by atoms with van der Waals surface area (Å²) >= 11 is 0. The molecule has 3 rings (SSSR count). The lowest BCUT2D eigenvalue weighted by molar-refractivity contribution is -0.138. The lowest BCUT2D eigenvalue weighted by Crippen LogP contribution is -2.35. The second-order valence-corrected chi connectivity index (χ2v) is 7.30. The molecule has 27 heavy (non-hydrogen) atoms. The highest BCUT2D eigenvalue weighted by atomic mass is 19.4. The van der Waals surface area contributed by atoms with Crippen molar-refractivity contribution in [3.8, 4) is 0 Å². The normalized spacial score (nSPS) is 18.6. The minimum Gasteiger partial charge on any atom is -0.299 e. The first-order chi connectivity index (χ1) is 13.0. The van der Waals surface area contributed by atoms with Crippen molar-refractivity contribution in [1.29, 1.82) is 0 Å². The molecule has 1 aliphatic rings. The van der Waals surface area contributed by atoms with Gasteiger partial charge in [-0.2, -0.15) is 13.2 Å². The van der Waals surface area contributed by atoms with E-state index in [0.29, 0.717) is 17.9 Å². The number of rotatable bonds is 6. The monoisotopic (exact) mass is 377 g/mol. The van der Waals surface area contributed by atoms with Crippen LogP contribution >= 0.6 is 0 Å². The van der Waals surface area contributed by atoms with E-state index in [1.165, 1.54) is 12.1 Å². The minimum atomic E-state index is -4.28. The number of hydrogen-bond donors (Lipinski definition) is 0. The number of nitrogens with zero attached hydrogens (tertiary/aromatic N) is 3. The molecule has 0 radical (unpaired) electrons. The Morgan fingerprint density at radius 3 is 2.59 bits per heavy atom. The molecular weight excluding hydrogens is 351 g/mol. The molecule has 1 fully saturated rings. The molecule has 146 valence electrons. The lowest BCUT2D eigenvalue weighted by atomic mass is 9.90. The molecule has 1 aromatic carbocycles. The third-order valence-electron chi connectivity index (χ3n) is 5.23. The Hall–Kier alpha value is -1.95. The number of aromatic nitrogens is 2. The average Bonchev–Trinajstić information content (AvgIpc) is 2.67. The van der Waals surface area contributed by atoms with Crippen molar-refractivity contribution in [2.45, 2.75) is 51.7 Å². The molecule has 0 aliphatic carbocycles. The fraction of sp³-hybridized carbons (Fsp3) is 0.524. The number of likely N-dealkylation sites (tertiary alicyclic amines) is 1. The van der Waals surface area contributed by atoms with E-state index in [0.717, 1.165) is 56.7 Å². The predicted octanol–water partition coefficient (Wildman–Crippen LogP) is 4.90. The summed E-state index contributed by atoms with van der Waals surface area (Å²) < 4.78 is 39.5. The molecule has 1 atom stereocenters. The Balaban J connectivity index is 1.56. The Labute approximate surface area is 158 Å². The van der Waals surface area contributed by atoms with Crippen molar-refractivity contribution in [2.75, 3.05) is 13.1 Å². The molecule has 1 aromatic heterocycles. The number of benzene rings is 1. The summed E-state index contributed by atoms with van der Waals surface area (Å²) in [6.45, 7) is 4.77. The van der Waals surface area contributed by atoms with Crippen molar-refractivity contribution < 1.29 is 13.2 Å². The van der Waals surface area contributed by atoms with Crippen LogP contribution in [-0.4, -0.2) is 28.0 Å². The largest absolute Gasteiger partial charge is 0.416 e. The molecule has 0 N–H and O–H groups in total. The zero-order valence-corrected chi connectivity index (χ0v) is 15.7. The van der Waals surface area contributed by atoms with E-state index < -0.39 is 11.7 Å². The van der Waals surface area contributed by atoms with Gasteiger partial charge in [-0.15, -0.1) is 0 Å². The number of piperidine rings is 1. The molecule has 6 heteroatoms. The van der Waals surface area contributed by atoms with E-state index >= 15 is 0 Å². The molecular formula is C21H26F3N3. The fourth-order valence-electron chi connectivity index (χ4n) is 3.81. The highest BCUT2D eigenvalue weighted by Gasteiger charge is 2.33. The fourth-order valence-corrected chi connectivity index (χ4v) is 3.81. The topological polar surface area (TPSA) is 29.0 Å². The van der Waals surface area contributed by atoms with E-state index in [2.05, 4.69) is 14.9 Å². The summed E-state index contributed by atoms with van der Waals surface area (Å²) in [5.74, 6) is 1.27. The van der Waals surface area contributed by atoms with Crippen LogP contribution in [0.4, 0.5) is 13.2 Å². The number of alkyl halides is 3. The van der Waals surface area contributed by atoms with Crippen LogP contribution in [0.3, 0.4) is 0 Å². The van der Waals surface area contributed by atoms with Crippen molar-refractivity contribution in [3.63, 3.8) is 0 Å². The molecule has 2 aromatic rings. The van der Waals surface area contributed by atoms with Gasteiger partial charge >= 0.3 is 6.18 Å². The molecule has 0 spiro atoms. The first-order valence-electron chi connectivity index (χ1n) is 9.63.